The highest BCUT2D eigenvalue weighted by atomic mass is 19.3. The molecule has 0 spiro atoms. The molecule has 1 N–H and O–H groups in total. The zero-order valence-electron chi connectivity index (χ0n) is 13.4. The van der Waals surface area contributed by atoms with E-state index >= 15 is 0 Å². The normalized spacial score (nSPS) is 15.5. The number of nitrogens with zero attached hydrogens (tertiary/aromatic N) is 2. The van der Waals surface area contributed by atoms with Gasteiger partial charge in [-0.1, -0.05) is 31.4 Å². The molecule has 0 amide bonds. The Kier molecular flexibility index (Phi) is 5.56. The van der Waals surface area contributed by atoms with Crippen LogP contribution in [0.4, 0.5) is 14.7 Å². The van der Waals surface area contributed by atoms with E-state index in [4.69, 9.17) is 0 Å². The second-order valence-electron chi connectivity index (χ2n) is 6.08. The van der Waals surface area contributed by atoms with E-state index in [1.807, 2.05) is 0 Å². The molecule has 0 unspecified atom stereocenters. The summed E-state index contributed by atoms with van der Waals surface area (Å²) in [6.07, 6.45) is 10.0. The molecular weight excluding hydrogens is 312 g/mol. The van der Waals surface area contributed by atoms with E-state index < -0.39 is 6.61 Å². The maximum Gasteiger partial charge on any atom is 0.387 e. The minimum Gasteiger partial charge on any atom is -0.435 e. The Bertz CT molecular complexity index is 626. The van der Waals surface area contributed by atoms with Gasteiger partial charge in [-0.2, -0.15) is 8.78 Å². The van der Waals surface area contributed by atoms with Gasteiger partial charge in [-0.05, 0) is 36.5 Å². The highest BCUT2D eigenvalue weighted by Gasteiger charge is 2.13. The molecule has 6 heteroatoms. The van der Waals surface area contributed by atoms with E-state index in [1.165, 1.54) is 44.2 Å². The third-order valence-electron chi connectivity index (χ3n) is 4.34. The number of nitrogens with one attached hydrogen (secondary N) is 1. The Morgan fingerprint density at radius 2 is 1.67 bits per heavy atom. The molecular formula is C18H21F2N3O. The summed E-state index contributed by atoms with van der Waals surface area (Å²) in [6.45, 7) is -1.90. The first-order valence-corrected chi connectivity index (χ1v) is 8.32. The molecule has 0 saturated heterocycles. The van der Waals surface area contributed by atoms with Gasteiger partial charge >= 0.3 is 6.61 Å². The van der Waals surface area contributed by atoms with Crippen molar-refractivity contribution in [3.8, 4) is 16.9 Å². The van der Waals surface area contributed by atoms with Gasteiger partial charge in [0.25, 0.3) is 0 Å². The van der Waals surface area contributed by atoms with Gasteiger partial charge in [-0.3, -0.25) is 0 Å². The largest absolute Gasteiger partial charge is 0.435 e. The van der Waals surface area contributed by atoms with Crippen LogP contribution in [0.1, 0.15) is 32.1 Å². The predicted octanol–water partition coefficient (Wildman–Crippen LogP) is 4.74. The fraction of sp³-hybridized carbons (Fsp3) is 0.444. The quantitative estimate of drug-likeness (QED) is 0.829. The van der Waals surface area contributed by atoms with Gasteiger partial charge in [0.15, 0.2) is 0 Å². The Hall–Kier alpha value is -2.24. The van der Waals surface area contributed by atoms with E-state index in [9.17, 15) is 8.78 Å². The summed E-state index contributed by atoms with van der Waals surface area (Å²) in [5.74, 6) is 1.48. The van der Waals surface area contributed by atoms with Crippen LogP contribution in [0.2, 0.25) is 0 Å². The first-order chi connectivity index (χ1) is 11.7. The SMILES string of the molecule is FC(F)Oc1ccc(-c2cnc(NCC3CCCCC3)nc2)cc1. The van der Waals surface area contributed by atoms with Crippen molar-refractivity contribution >= 4 is 5.95 Å². The number of benzene rings is 1. The summed E-state index contributed by atoms with van der Waals surface area (Å²) in [5.41, 5.74) is 1.69. The third kappa shape index (κ3) is 4.63. The highest BCUT2D eigenvalue weighted by Crippen LogP contribution is 2.24. The summed E-state index contributed by atoms with van der Waals surface area (Å²) < 4.78 is 28.6. The van der Waals surface area contributed by atoms with Gasteiger partial charge in [0.05, 0.1) is 0 Å². The van der Waals surface area contributed by atoms with Gasteiger partial charge in [0.2, 0.25) is 5.95 Å². The van der Waals surface area contributed by atoms with Crippen LogP contribution < -0.4 is 10.1 Å². The fourth-order valence-corrected chi connectivity index (χ4v) is 3.02. The highest BCUT2D eigenvalue weighted by molar-refractivity contribution is 5.62. The second-order valence-corrected chi connectivity index (χ2v) is 6.08. The summed E-state index contributed by atoms with van der Waals surface area (Å²) in [4.78, 5) is 8.67. The van der Waals surface area contributed by atoms with Crippen molar-refractivity contribution in [2.24, 2.45) is 5.92 Å². The Labute approximate surface area is 140 Å². The van der Waals surface area contributed by atoms with Crippen LogP contribution in [-0.4, -0.2) is 23.1 Å². The first kappa shape index (κ1) is 16.6. The van der Waals surface area contributed by atoms with Crippen molar-refractivity contribution in [2.45, 2.75) is 38.7 Å². The Balaban J connectivity index is 1.57. The maximum atomic E-state index is 12.1. The number of rotatable bonds is 6. The zero-order chi connectivity index (χ0) is 16.8. The molecule has 0 atom stereocenters. The van der Waals surface area contributed by atoms with Crippen LogP contribution in [0.25, 0.3) is 11.1 Å². The van der Waals surface area contributed by atoms with Crippen molar-refractivity contribution in [1.29, 1.82) is 0 Å². The number of halogens is 2. The number of hydrogen-bond acceptors (Lipinski definition) is 4. The molecule has 1 fully saturated rings. The lowest BCUT2D eigenvalue weighted by Crippen LogP contribution is -2.18. The van der Waals surface area contributed by atoms with Gasteiger partial charge in [-0.15, -0.1) is 0 Å². The third-order valence-corrected chi connectivity index (χ3v) is 4.34. The standard InChI is InChI=1S/C18H21F2N3O/c19-17(20)24-16-8-6-14(7-9-16)15-11-22-18(23-12-15)21-10-13-4-2-1-3-5-13/h6-9,11-13,17H,1-5,10H2,(H,21,22,23). The lowest BCUT2D eigenvalue weighted by Gasteiger charge is -2.21. The van der Waals surface area contributed by atoms with E-state index in [-0.39, 0.29) is 5.75 Å². The molecule has 1 aromatic carbocycles. The maximum absolute atomic E-state index is 12.1. The van der Waals surface area contributed by atoms with Gasteiger partial charge in [0.1, 0.15) is 5.75 Å². The summed E-state index contributed by atoms with van der Waals surface area (Å²) in [5, 5.41) is 3.30. The average molecular weight is 333 g/mol. The lowest BCUT2D eigenvalue weighted by atomic mass is 9.89. The van der Waals surface area contributed by atoms with Crippen molar-refractivity contribution in [3.63, 3.8) is 0 Å². The molecule has 1 heterocycles. The lowest BCUT2D eigenvalue weighted by molar-refractivity contribution is -0.0498. The molecule has 0 radical (unpaired) electrons. The average Bonchev–Trinajstić information content (AvgIpc) is 2.62. The van der Waals surface area contributed by atoms with Crippen LogP contribution in [0, 0.1) is 5.92 Å². The van der Waals surface area contributed by atoms with Crippen molar-refractivity contribution in [1.82, 2.24) is 9.97 Å². The fourth-order valence-electron chi connectivity index (χ4n) is 3.02. The van der Waals surface area contributed by atoms with Crippen molar-refractivity contribution < 1.29 is 13.5 Å². The topological polar surface area (TPSA) is 47.0 Å². The van der Waals surface area contributed by atoms with Crippen LogP contribution in [-0.2, 0) is 0 Å². The summed E-state index contributed by atoms with van der Waals surface area (Å²) in [6, 6.07) is 6.45. The molecule has 0 aliphatic heterocycles. The van der Waals surface area contributed by atoms with E-state index in [2.05, 4.69) is 20.0 Å². The Morgan fingerprint density at radius 1 is 1.00 bits per heavy atom. The van der Waals surface area contributed by atoms with Crippen LogP contribution >= 0.6 is 0 Å². The van der Waals surface area contributed by atoms with Gasteiger partial charge in [-0.25, -0.2) is 9.97 Å². The predicted molar refractivity (Wildman–Crippen MR) is 89.2 cm³/mol. The van der Waals surface area contributed by atoms with Crippen LogP contribution in [0.5, 0.6) is 5.75 Å². The molecule has 2 aromatic rings. The van der Waals surface area contributed by atoms with E-state index in [0.29, 0.717) is 11.9 Å². The van der Waals surface area contributed by atoms with Gasteiger partial charge in [0, 0.05) is 24.5 Å². The molecule has 1 aromatic heterocycles. The molecule has 3 rings (SSSR count). The van der Waals surface area contributed by atoms with Crippen LogP contribution in [0.15, 0.2) is 36.7 Å². The molecule has 128 valence electrons. The summed E-state index contributed by atoms with van der Waals surface area (Å²) in [7, 11) is 0. The van der Waals surface area contributed by atoms with E-state index in [1.54, 1.807) is 24.5 Å². The summed E-state index contributed by atoms with van der Waals surface area (Å²) >= 11 is 0. The van der Waals surface area contributed by atoms with Crippen LogP contribution in [0.3, 0.4) is 0 Å². The molecule has 1 aliphatic carbocycles. The van der Waals surface area contributed by atoms with E-state index in [0.717, 1.165) is 17.7 Å². The van der Waals surface area contributed by atoms with Crippen molar-refractivity contribution in [2.75, 3.05) is 11.9 Å². The second kappa shape index (κ2) is 8.04. The number of hydrogen-bond donors (Lipinski definition) is 1. The first-order valence-electron chi connectivity index (χ1n) is 8.32. The molecule has 24 heavy (non-hydrogen) atoms. The minimum absolute atomic E-state index is 0.139. The van der Waals surface area contributed by atoms with Gasteiger partial charge < -0.3 is 10.1 Å². The Morgan fingerprint density at radius 3 is 2.29 bits per heavy atom. The number of ether oxygens (including phenoxy) is 1. The number of anilines is 1. The zero-order valence-corrected chi connectivity index (χ0v) is 13.4. The number of alkyl halides is 2. The monoisotopic (exact) mass is 333 g/mol. The molecule has 1 saturated carbocycles. The van der Waals surface area contributed by atoms with Crippen molar-refractivity contribution in [3.05, 3.63) is 36.7 Å². The molecule has 4 nitrogen and oxygen atoms in total. The molecule has 0 bridgehead atoms. The smallest absolute Gasteiger partial charge is 0.387 e. The minimum atomic E-state index is -2.81. The molecule has 1 aliphatic rings. The number of aromatic nitrogens is 2.